The molecule has 664 valence electrons. The summed E-state index contributed by atoms with van der Waals surface area (Å²) in [4.78, 5) is 114. The SMILES string of the molecule is CCCC(N(CC(CCCCCCNC(=O)CCCCCCCCCCC=CCCCCCCCCCCC=CCCCCCCCCCCCN=[N+]=[N-])CN(C(=O)OC(C)(C)C)C(CCC)N(C(=O)OC(C)(C)C)C(CC)N(C)C(=O)OC(C)(C)C)C(=O)OC(C)(C)C)N(C(=O)OC(C)(C)C)C(CC)N(C)C(=O)OC(C)(C)C. The van der Waals surface area contributed by atoms with Gasteiger partial charge in [0.15, 0.2) is 0 Å². The topological polar surface area (TPSA) is 255 Å². The summed E-state index contributed by atoms with van der Waals surface area (Å²) in [6.07, 6.45) is 42.7. The van der Waals surface area contributed by atoms with Gasteiger partial charge in [-0.1, -0.05) is 211 Å². The number of allylic oxidation sites excluding steroid dienone is 4. The van der Waals surface area contributed by atoms with E-state index in [1.165, 1.54) is 190 Å². The van der Waals surface area contributed by atoms with E-state index in [9.17, 15) is 14.4 Å². The second-order valence-electron chi connectivity index (χ2n) is 37.6. The first-order valence-electron chi connectivity index (χ1n) is 45.0. The number of ether oxygens (including phenoxy) is 6. The molecule has 0 heterocycles. The molecule has 0 radical (unpaired) electrons. The van der Waals surface area contributed by atoms with Gasteiger partial charge in [0.25, 0.3) is 0 Å². The van der Waals surface area contributed by atoms with Crippen molar-refractivity contribution in [2.45, 2.75) is 474 Å². The average molecular weight is 1610 g/mol. The molecule has 0 aliphatic rings. The third-order valence-corrected chi connectivity index (χ3v) is 19.4. The molecule has 4 unspecified atom stereocenters. The Labute approximate surface area is 695 Å². The number of nitrogens with zero attached hydrogens (tertiary/aromatic N) is 9. The Hall–Kier alpha value is -6.12. The number of carbonyl (C=O) groups excluding carboxylic acids is 7. The number of unbranched alkanes of at least 4 members (excludes halogenated alkanes) is 29. The Bertz CT molecular complexity index is 2600. The van der Waals surface area contributed by atoms with Gasteiger partial charge in [-0.2, -0.15) is 0 Å². The van der Waals surface area contributed by atoms with Crippen molar-refractivity contribution in [3.05, 3.63) is 34.7 Å². The quantitative estimate of drug-likeness (QED) is 0.0113. The Morgan fingerprint density at radius 1 is 0.351 bits per heavy atom. The lowest BCUT2D eigenvalue weighted by Crippen LogP contribution is -2.64. The maximum atomic E-state index is 15.5. The smallest absolute Gasteiger partial charge is 0.413 e. The molecule has 0 bridgehead atoms. The maximum absolute atomic E-state index is 15.5. The van der Waals surface area contributed by atoms with Crippen LogP contribution in [0.4, 0.5) is 28.8 Å². The van der Waals surface area contributed by atoms with Crippen LogP contribution in [0, 0.1) is 5.92 Å². The van der Waals surface area contributed by atoms with E-state index in [0.717, 1.165) is 44.9 Å². The van der Waals surface area contributed by atoms with Gasteiger partial charge in [-0.05, 0) is 239 Å². The van der Waals surface area contributed by atoms with Gasteiger partial charge >= 0.3 is 36.6 Å². The van der Waals surface area contributed by atoms with E-state index in [1.54, 1.807) is 139 Å². The highest BCUT2D eigenvalue weighted by Gasteiger charge is 2.47. The summed E-state index contributed by atoms with van der Waals surface area (Å²) >= 11 is 0. The molecular formula is C91H172N10O13. The van der Waals surface area contributed by atoms with Crippen LogP contribution >= 0.6 is 0 Å². The molecule has 23 nitrogen and oxygen atoms in total. The minimum Gasteiger partial charge on any atom is -0.444 e. The maximum Gasteiger partial charge on any atom is 0.413 e. The molecule has 23 heteroatoms. The minimum absolute atomic E-state index is 0.0520. The molecule has 0 rings (SSSR count). The molecule has 1 N–H and O–H groups in total. The molecule has 0 aromatic heterocycles. The van der Waals surface area contributed by atoms with Crippen molar-refractivity contribution in [3.8, 4) is 0 Å². The first-order valence-corrected chi connectivity index (χ1v) is 45.0. The van der Waals surface area contributed by atoms with E-state index in [4.69, 9.17) is 34.0 Å². The minimum atomic E-state index is -1.10. The fourth-order valence-corrected chi connectivity index (χ4v) is 13.8. The van der Waals surface area contributed by atoms with E-state index < -0.39 is 101 Å². The van der Waals surface area contributed by atoms with Crippen LogP contribution in [0.1, 0.15) is 416 Å². The predicted molar refractivity (Wildman–Crippen MR) is 466 cm³/mol. The highest BCUT2D eigenvalue weighted by molar-refractivity contribution is 5.76. The van der Waals surface area contributed by atoms with Crippen LogP contribution in [0.25, 0.3) is 10.4 Å². The Balaban J connectivity index is 6.30. The van der Waals surface area contributed by atoms with Crippen molar-refractivity contribution in [1.82, 2.24) is 34.7 Å². The summed E-state index contributed by atoms with van der Waals surface area (Å²) in [6.45, 7) is 40.2. The fourth-order valence-electron chi connectivity index (χ4n) is 13.8. The van der Waals surface area contributed by atoms with Crippen molar-refractivity contribution < 1.29 is 62.0 Å². The first kappa shape index (κ1) is 108. The third-order valence-electron chi connectivity index (χ3n) is 19.4. The molecule has 0 aromatic carbocycles. The van der Waals surface area contributed by atoms with Gasteiger partial charge in [0.1, 0.15) is 58.3 Å². The molecule has 4 atom stereocenters. The van der Waals surface area contributed by atoms with Crippen LogP contribution in [0.5, 0.6) is 0 Å². The summed E-state index contributed by atoms with van der Waals surface area (Å²) in [5.74, 6) is -0.576. The van der Waals surface area contributed by atoms with Crippen LogP contribution in [-0.2, 0) is 33.2 Å². The molecule has 0 aliphatic carbocycles. The van der Waals surface area contributed by atoms with Gasteiger partial charge in [-0.3, -0.25) is 34.2 Å². The van der Waals surface area contributed by atoms with E-state index in [0.29, 0.717) is 45.2 Å². The van der Waals surface area contributed by atoms with Gasteiger partial charge in [0.05, 0.1) is 0 Å². The lowest BCUT2D eigenvalue weighted by molar-refractivity contribution is -0.121. The van der Waals surface area contributed by atoms with Gasteiger partial charge in [0, 0.05) is 51.6 Å². The lowest BCUT2D eigenvalue weighted by Gasteiger charge is -2.48. The number of azide groups is 1. The molecule has 0 spiro atoms. The highest BCUT2D eigenvalue weighted by atomic mass is 16.6. The first-order chi connectivity index (χ1) is 53.5. The number of carbonyl (C=O) groups is 7. The zero-order chi connectivity index (χ0) is 86.4. The molecule has 7 amide bonds. The van der Waals surface area contributed by atoms with Crippen molar-refractivity contribution in [1.29, 1.82) is 0 Å². The molecular weight excluding hydrogens is 1440 g/mol. The predicted octanol–water partition coefficient (Wildman–Crippen LogP) is 26.2. The van der Waals surface area contributed by atoms with Gasteiger partial charge in [-0.15, -0.1) is 0 Å². The van der Waals surface area contributed by atoms with Crippen molar-refractivity contribution in [3.63, 3.8) is 0 Å². The number of hydrogen-bond acceptors (Lipinski definition) is 14. The van der Waals surface area contributed by atoms with Crippen LogP contribution in [0.15, 0.2) is 29.4 Å². The molecule has 0 saturated carbocycles. The second kappa shape index (κ2) is 59.5. The van der Waals surface area contributed by atoms with Crippen LogP contribution in [-0.4, -0.2) is 170 Å². The normalized spacial score (nSPS) is 13.6. The number of amides is 7. The largest absolute Gasteiger partial charge is 0.444 e. The summed E-state index contributed by atoms with van der Waals surface area (Å²) < 4.78 is 36.9. The lowest BCUT2D eigenvalue weighted by atomic mass is 9.97. The zero-order valence-corrected chi connectivity index (χ0v) is 77.3. The van der Waals surface area contributed by atoms with Crippen LogP contribution in [0.3, 0.4) is 0 Å². The average Bonchev–Trinajstić information content (AvgIpc) is 0.793. The number of rotatable bonds is 59. The zero-order valence-electron chi connectivity index (χ0n) is 77.3. The molecule has 0 saturated heterocycles. The van der Waals surface area contributed by atoms with Crippen molar-refractivity contribution in [2.24, 2.45) is 11.0 Å². The van der Waals surface area contributed by atoms with Crippen LogP contribution in [0.2, 0.25) is 0 Å². The van der Waals surface area contributed by atoms with Gasteiger partial charge < -0.3 is 33.7 Å². The number of nitrogens with one attached hydrogen (secondary N) is 1. The fraction of sp³-hybridized carbons (Fsp3) is 0.879. The standard InChI is InChI=1S/C91H172N10O13/c1-25-66-78(100(84(107)113-90(17,18)19)76(27-3)96(23)80(103)109-86(5,6)7)98(82(105)111-88(11,12)13)72-74(73-99(83(106)112-89(14,15)16)79(67-26-2)101(85(108)114-91(20,21)22)77(28-4)97(24)81(104)110-87(8,9)10)68-62-59-61-64-70-93-75(102)69-63-58-56-54-52-50-48-46-44-42-40-38-36-34-32-30-29-31-33-35-37-39-41-43-45-47-49-51-53-55-57-60-65-71-94-95-92/h39-42,74,76-79H,25-38,43-73H2,1-24H3,(H,93,102). The molecule has 0 fully saturated rings. The van der Waals surface area contributed by atoms with E-state index in [1.807, 2.05) is 27.7 Å². The Morgan fingerprint density at radius 2 is 0.623 bits per heavy atom. The van der Waals surface area contributed by atoms with E-state index in [2.05, 4.69) is 39.6 Å². The monoisotopic (exact) mass is 1610 g/mol. The molecule has 114 heavy (non-hydrogen) atoms. The third kappa shape index (κ3) is 54.7. The van der Waals surface area contributed by atoms with E-state index >= 15 is 19.2 Å². The summed E-state index contributed by atoms with van der Waals surface area (Å²) in [5.41, 5.74) is 2.50. The van der Waals surface area contributed by atoms with Crippen LogP contribution < -0.4 is 5.32 Å². The molecule has 0 aromatic rings. The van der Waals surface area contributed by atoms with Crippen molar-refractivity contribution >= 4 is 42.5 Å². The Morgan fingerprint density at radius 3 is 0.921 bits per heavy atom. The highest BCUT2D eigenvalue weighted by Crippen LogP contribution is 2.33. The molecule has 0 aliphatic heterocycles. The van der Waals surface area contributed by atoms with Gasteiger partial charge in [0.2, 0.25) is 5.91 Å². The summed E-state index contributed by atoms with van der Waals surface area (Å²) in [5, 5.41) is 6.76. The van der Waals surface area contributed by atoms with Crippen molar-refractivity contribution in [2.75, 3.05) is 40.3 Å². The second-order valence-corrected chi connectivity index (χ2v) is 37.6. The summed E-state index contributed by atoms with van der Waals surface area (Å²) in [7, 11) is 3.12. The summed E-state index contributed by atoms with van der Waals surface area (Å²) in [6, 6.07) is 0. The van der Waals surface area contributed by atoms with E-state index in [-0.39, 0.29) is 44.7 Å². The van der Waals surface area contributed by atoms with Gasteiger partial charge in [-0.25, -0.2) is 28.8 Å². The number of hydrogen-bond donors (Lipinski definition) is 1. The Kier molecular flexibility index (Phi) is 56.3.